The van der Waals surface area contributed by atoms with E-state index in [0.717, 1.165) is 20.3 Å². The third-order valence-corrected chi connectivity index (χ3v) is 4.00. The van der Waals surface area contributed by atoms with Crippen LogP contribution in [0.3, 0.4) is 0 Å². The van der Waals surface area contributed by atoms with Gasteiger partial charge in [-0.25, -0.2) is 5.43 Å². The van der Waals surface area contributed by atoms with Crippen LogP contribution in [0.2, 0.25) is 0 Å². The number of aryl methyl sites for hydroxylation is 3. The van der Waals surface area contributed by atoms with Gasteiger partial charge < -0.3 is 9.84 Å². The van der Waals surface area contributed by atoms with Crippen LogP contribution in [0.4, 0.5) is 0 Å². The van der Waals surface area contributed by atoms with Crippen LogP contribution < -0.4 is 10.2 Å². The molecule has 126 valence electrons. The van der Waals surface area contributed by atoms with Gasteiger partial charge in [0.05, 0.1) is 6.21 Å². The monoisotopic (exact) mass is 438 g/mol. The molecular weight excluding hydrogens is 419 g/mol. The summed E-state index contributed by atoms with van der Waals surface area (Å²) in [7, 11) is 0. The number of carbonyl (C=O) groups is 1. The van der Waals surface area contributed by atoms with Gasteiger partial charge in [-0.05, 0) is 72.7 Å². The molecule has 0 saturated carbocycles. The molecule has 0 radical (unpaired) electrons. The van der Waals surface area contributed by atoms with Crippen LogP contribution in [0.5, 0.6) is 11.5 Å². The number of nitrogens with one attached hydrogen (secondary N) is 1. The lowest BCUT2D eigenvalue weighted by Gasteiger charge is -2.08. The minimum absolute atomic E-state index is 0.126. The van der Waals surface area contributed by atoms with Gasteiger partial charge in [0.25, 0.3) is 5.91 Å². The summed E-state index contributed by atoms with van der Waals surface area (Å²) in [5, 5.41) is 13.8. The maximum absolute atomic E-state index is 11.8. The van der Waals surface area contributed by atoms with Gasteiger partial charge in [0.2, 0.25) is 0 Å². The molecule has 0 aliphatic heterocycles. The zero-order chi connectivity index (χ0) is 17.7. The van der Waals surface area contributed by atoms with Gasteiger partial charge in [-0.2, -0.15) is 5.10 Å². The van der Waals surface area contributed by atoms with Crippen LogP contribution in [0.15, 0.2) is 35.4 Å². The molecule has 0 bridgehead atoms. The number of benzene rings is 2. The summed E-state index contributed by atoms with van der Waals surface area (Å²) in [5.41, 5.74) is 5.82. The zero-order valence-corrected chi connectivity index (χ0v) is 15.9. The Kier molecular flexibility index (Phi) is 6.19. The minimum atomic E-state index is -0.368. The molecular formula is C18H19IN2O3. The highest BCUT2D eigenvalue weighted by Crippen LogP contribution is 2.23. The SMILES string of the molecule is Cc1ccc(OCC(=O)NN=Cc2cc(I)cc(C)c2O)c(C)c1. The summed E-state index contributed by atoms with van der Waals surface area (Å²) in [6, 6.07) is 9.41. The third-order valence-electron chi connectivity index (χ3n) is 3.38. The molecule has 0 heterocycles. The first kappa shape index (κ1) is 18.3. The number of hydrazone groups is 1. The van der Waals surface area contributed by atoms with Crippen molar-refractivity contribution in [3.8, 4) is 11.5 Å². The molecule has 2 rings (SSSR count). The quantitative estimate of drug-likeness (QED) is 0.427. The average Bonchev–Trinajstić information content (AvgIpc) is 2.51. The first-order valence-corrected chi connectivity index (χ1v) is 8.46. The molecule has 0 spiro atoms. The van der Waals surface area contributed by atoms with Crippen molar-refractivity contribution in [3.63, 3.8) is 0 Å². The molecule has 5 nitrogen and oxygen atoms in total. The smallest absolute Gasteiger partial charge is 0.277 e. The highest BCUT2D eigenvalue weighted by molar-refractivity contribution is 14.1. The third kappa shape index (κ3) is 4.95. The molecule has 0 saturated heterocycles. The highest BCUT2D eigenvalue weighted by Gasteiger charge is 2.06. The molecule has 1 amide bonds. The van der Waals surface area contributed by atoms with Crippen LogP contribution in [0, 0.1) is 24.3 Å². The van der Waals surface area contributed by atoms with Crippen LogP contribution in [0.25, 0.3) is 0 Å². The van der Waals surface area contributed by atoms with Crippen molar-refractivity contribution in [1.82, 2.24) is 5.43 Å². The van der Waals surface area contributed by atoms with Crippen molar-refractivity contribution in [2.75, 3.05) is 6.61 Å². The van der Waals surface area contributed by atoms with E-state index in [1.54, 1.807) is 6.07 Å². The fraction of sp³-hybridized carbons (Fsp3) is 0.222. The molecule has 0 fully saturated rings. The molecule has 2 aromatic rings. The number of hydrogen-bond acceptors (Lipinski definition) is 4. The molecule has 6 heteroatoms. The van der Waals surface area contributed by atoms with E-state index in [1.807, 2.05) is 45.0 Å². The molecule has 0 aliphatic rings. The Morgan fingerprint density at radius 2 is 2.00 bits per heavy atom. The summed E-state index contributed by atoms with van der Waals surface area (Å²) in [6.07, 6.45) is 1.42. The van der Waals surface area contributed by atoms with Crippen LogP contribution in [-0.2, 0) is 4.79 Å². The molecule has 0 unspecified atom stereocenters. The second-order valence-electron chi connectivity index (χ2n) is 5.51. The number of ether oxygens (including phenoxy) is 1. The second-order valence-corrected chi connectivity index (χ2v) is 6.76. The van der Waals surface area contributed by atoms with E-state index in [-0.39, 0.29) is 18.3 Å². The van der Waals surface area contributed by atoms with Gasteiger partial charge >= 0.3 is 0 Å². The Hall–Kier alpha value is -2.09. The number of nitrogens with zero attached hydrogens (tertiary/aromatic N) is 1. The van der Waals surface area contributed by atoms with Crippen molar-refractivity contribution >= 4 is 34.7 Å². The van der Waals surface area contributed by atoms with Gasteiger partial charge in [-0.3, -0.25) is 4.79 Å². The van der Waals surface area contributed by atoms with Gasteiger partial charge in [-0.15, -0.1) is 0 Å². The number of phenolic OH excluding ortho intramolecular Hbond substituents is 1. The largest absolute Gasteiger partial charge is 0.507 e. The van der Waals surface area contributed by atoms with Crippen molar-refractivity contribution in [1.29, 1.82) is 0 Å². The highest BCUT2D eigenvalue weighted by atomic mass is 127. The molecule has 0 aliphatic carbocycles. The Morgan fingerprint density at radius 3 is 2.71 bits per heavy atom. The first-order valence-electron chi connectivity index (χ1n) is 7.38. The molecule has 2 N–H and O–H groups in total. The van der Waals surface area contributed by atoms with Crippen molar-refractivity contribution in [2.45, 2.75) is 20.8 Å². The van der Waals surface area contributed by atoms with Crippen LogP contribution in [0.1, 0.15) is 22.3 Å². The Bertz CT molecular complexity index is 788. The first-order chi connectivity index (χ1) is 11.4. The summed E-state index contributed by atoms with van der Waals surface area (Å²) in [4.78, 5) is 11.8. The number of rotatable bonds is 5. The Morgan fingerprint density at radius 1 is 1.25 bits per heavy atom. The zero-order valence-electron chi connectivity index (χ0n) is 13.8. The van der Waals surface area contributed by atoms with Gasteiger partial charge in [0.1, 0.15) is 11.5 Å². The number of amides is 1. The molecule has 2 aromatic carbocycles. The summed E-state index contributed by atoms with van der Waals surface area (Å²) >= 11 is 2.16. The van der Waals surface area contributed by atoms with E-state index in [1.165, 1.54) is 6.21 Å². The lowest BCUT2D eigenvalue weighted by Crippen LogP contribution is -2.24. The maximum atomic E-state index is 11.8. The topological polar surface area (TPSA) is 70.9 Å². The number of halogens is 1. The minimum Gasteiger partial charge on any atom is -0.507 e. The number of hydrogen-bond donors (Lipinski definition) is 2. The van der Waals surface area contributed by atoms with Crippen LogP contribution >= 0.6 is 22.6 Å². The lowest BCUT2D eigenvalue weighted by atomic mass is 10.1. The number of carbonyl (C=O) groups excluding carboxylic acids is 1. The van der Waals surface area contributed by atoms with Crippen molar-refractivity contribution in [3.05, 3.63) is 56.2 Å². The predicted molar refractivity (Wildman–Crippen MR) is 103 cm³/mol. The fourth-order valence-electron chi connectivity index (χ4n) is 2.17. The Labute approximate surface area is 154 Å². The Balaban J connectivity index is 1.91. The van der Waals surface area contributed by atoms with Crippen molar-refractivity contribution < 1.29 is 14.6 Å². The molecule has 0 atom stereocenters. The normalized spacial score (nSPS) is 10.8. The van der Waals surface area contributed by atoms with Gasteiger partial charge in [0.15, 0.2) is 6.61 Å². The summed E-state index contributed by atoms with van der Waals surface area (Å²) in [5.74, 6) is 0.457. The fourth-order valence-corrected chi connectivity index (χ4v) is 2.97. The van der Waals surface area contributed by atoms with E-state index in [0.29, 0.717) is 11.3 Å². The number of phenols is 1. The summed E-state index contributed by atoms with van der Waals surface area (Å²) in [6.45, 7) is 5.62. The van der Waals surface area contributed by atoms with E-state index >= 15 is 0 Å². The van der Waals surface area contributed by atoms with Gasteiger partial charge in [0, 0.05) is 9.13 Å². The van der Waals surface area contributed by atoms with E-state index in [2.05, 4.69) is 33.1 Å². The van der Waals surface area contributed by atoms with Gasteiger partial charge in [-0.1, -0.05) is 17.7 Å². The van der Waals surface area contributed by atoms with Crippen LogP contribution in [-0.4, -0.2) is 23.8 Å². The van der Waals surface area contributed by atoms with Crippen molar-refractivity contribution in [2.24, 2.45) is 5.10 Å². The number of aromatic hydroxyl groups is 1. The van der Waals surface area contributed by atoms with E-state index in [9.17, 15) is 9.90 Å². The molecule has 24 heavy (non-hydrogen) atoms. The predicted octanol–water partition coefficient (Wildman–Crippen LogP) is 3.45. The van der Waals surface area contributed by atoms with E-state index in [4.69, 9.17) is 4.74 Å². The summed E-state index contributed by atoms with van der Waals surface area (Å²) < 4.78 is 6.46. The standard InChI is InChI=1S/C18H19IN2O3/c1-11-4-5-16(12(2)6-11)24-10-17(22)21-20-9-14-8-15(19)7-13(3)18(14)23/h4-9,23H,10H2,1-3H3,(H,21,22). The second kappa shape index (κ2) is 8.14. The molecule has 0 aromatic heterocycles. The average molecular weight is 438 g/mol. The maximum Gasteiger partial charge on any atom is 0.277 e. The van der Waals surface area contributed by atoms with E-state index < -0.39 is 0 Å². The lowest BCUT2D eigenvalue weighted by molar-refractivity contribution is -0.123.